The van der Waals surface area contributed by atoms with Crippen LogP contribution < -0.4 is 5.73 Å². The molecule has 2 heteroatoms. The van der Waals surface area contributed by atoms with Crippen molar-refractivity contribution in [2.45, 2.75) is 18.9 Å². The minimum Gasteiger partial charge on any atom is -0.326 e. The Morgan fingerprint density at radius 2 is 2.50 bits per heavy atom. The zero-order valence-corrected chi connectivity index (χ0v) is 6.42. The molecule has 0 amide bonds. The Morgan fingerprint density at radius 1 is 1.70 bits per heavy atom. The van der Waals surface area contributed by atoms with Gasteiger partial charge in [0.1, 0.15) is 0 Å². The second-order valence-corrected chi connectivity index (χ2v) is 2.93. The molecule has 2 nitrogen and oxygen atoms in total. The van der Waals surface area contributed by atoms with Gasteiger partial charge in [-0.2, -0.15) is 0 Å². The third kappa shape index (κ3) is 2.12. The molecule has 1 fully saturated rings. The van der Waals surface area contributed by atoms with Crippen molar-refractivity contribution < 1.29 is 0 Å². The summed E-state index contributed by atoms with van der Waals surface area (Å²) < 4.78 is 0. The molecule has 1 aliphatic rings. The summed E-state index contributed by atoms with van der Waals surface area (Å²) in [6, 6.07) is 0.421. The van der Waals surface area contributed by atoms with Gasteiger partial charge in [-0.1, -0.05) is 6.08 Å². The van der Waals surface area contributed by atoms with Crippen molar-refractivity contribution in [2.75, 3.05) is 19.6 Å². The largest absolute Gasteiger partial charge is 0.326 e. The van der Waals surface area contributed by atoms with Crippen LogP contribution in [0.5, 0.6) is 0 Å². The monoisotopic (exact) mass is 140 g/mol. The van der Waals surface area contributed by atoms with Crippen LogP contribution in [-0.4, -0.2) is 30.6 Å². The van der Waals surface area contributed by atoms with E-state index in [9.17, 15) is 0 Å². The molecule has 0 aliphatic carbocycles. The summed E-state index contributed by atoms with van der Waals surface area (Å²) in [5.74, 6) is 0. The quantitative estimate of drug-likeness (QED) is 0.581. The van der Waals surface area contributed by atoms with Crippen molar-refractivity contribution in [3.05, 3.63) is 12.7 Å². The smallest absolute Gasteiger partial charge is 0.0180 e. The van der Waals surface area contributed by atoms with Gasteiger partial charge >= 0.3 is 0 Å². The topological polar surface area (TPSA) is 29.3 Å². The molecule has 0 aromatic rings. The lowest BCUT2D eigenvalue weighted by molar-refractivity contribution is 0.341. The van der Waals surface area contributed by atoms with Gasteiger partial charge in [-0.15, -0.1) is 6.58 Å². The molecule has 58 valence electrons. The fraction of sp³-hybridized carbons (Fsp3) is 0.750. The van der Waals surface area contributed by atoms with Gasteiger partial charge in [-0.3, -0.25) is 0 Å². The number of hydrogen-bond donors (Lipinski definition) is 1. The van der Waals surface area contributed by atoms with E-state index in [0.29, 0.717) is 6.04 Å². The van der Waals surface area contributed by atoms with Crippen molar-refractivity contribution in [3.8, 4) is 0 Å². The van der Waals surface area contributed by atoms with Gasteiger partial charge < -0.3 is 10.6 Å². The van der Waals surface area contributed by atoms with Gasteiger partial charge in [0.25, 0.3) is 0 Å². The lowest BCUT2D eigenvalue weighted by Gasteiger charge is -2.12. The van der Waals surface area contributed by atoms with Crippen molar-refractivity contribution in [1.82, 2.24) is 4.90 Å². The Labute approximate surface area is 62.7 Å². The predicted octanol–water partition coefficient (Wildman–Crippen LogP) is 0.596. The summed E-state index contributed by atoms with van der Waals surface area (Å²) in [6.07, 6.45) is 4.22. The van der Waals surface area contributed by atoms with Crippen molar-refractivity contribution in [3.63, 3.8) is 0 Å². The highest BCUT2D eigenvalue weighted by atomic mass is 15.2. The second kappa shape index (κ2) is 3.74. The molecule has 1 saturated heterocycles. The van der Waals surface area contributed by atoms with E-state index in [2.05, 4.69) is 11.5 Å². The van der Waals surface area contributed by atoms with Gasteiger partial charge in [0.05, 0.1) is 0 Å². The molecule has 0 aromatic carbocycles. The molecule has 2 N–H and O–H groups in total. The summed E-state index contributed by atoms with van der Waals surface area (Å²) in [7, 11) is 0. The van der Waals surface area contributed by atoms with Crippen LogP contribution in [-0.2, 0) is 0 Å². The van der Waals surface area contributed by atoms with Crippen LogP contribution in [0, 0.1) is 0 Å². The Hall–Kier alpha value is -0.340. The molecule has 1 aliphatic heterocycles. The van der Waals surface area contributed by atoms with Crippen molar-refractivity contribution >= 4 is 0 Å². The number of rotatable bonds is 3. The molecule has 0 aromatic heterocycles. The first-order valence-electron chi connectivity index (χ1n) is 3.92. The average molecular weight is 140 g/mol. The third-order valence-corrected chi connectivity index (χ3v) is 1.96. The molecule has 0 bridgehead atoms. The van der Waals surface area contributed by atoms with Gasteiger partial charge in [-0.25, -0.2) is 0 Å². The number of likely N-dealkylation sites (tertiary alicyclic amines) is 1. The molecule has 10 heavy (non-hydrogen) atoms. The standard InChI is InChI=1S/C8H16N2/c1-2-3-5-10-6-4-8(9)7-10/h2,8H,1,3-7,9H2/t8-/m1/s1. The normalized spacial score (nSPS) is 27.1. The molecule has 0 unspecified atom stereocenters. The molecule has 1 rings (SSSR count). The average Bonchev–Trinajstić information content (AvgIpc) is 2.31. The summed E-state index contributed by atoms with van der Waals surface area (Å²) in [5.41, 5.74) is 5.73. The van der Waals surface area contributed by atoms with Crippen LogP contribution in [0.1, 0.15) is 12.8 Å². The fourth-order valence-corrected chi connectivity index (χ4v) is 1.34. The van der Waals surface area contributed by atoms with E-state index < -0.39 is 0 Å². The summed E-state index contributed by atoms with van der Waals surface area (Å²) in [6.45, 7) is 7.07. The van der Waals surface area contributed by atoms with E-state index in [4.69, 9.17) is 5.73 Å². The zero-order valence-electron chi connectivity index (χ0n) is 6.42. The second-order valence-electron chi connectivity index (χ2n) is 2.93. The maximum atomic E-state index is 5.73. The molecule has 0 spiro atoms. The first-order chi connectivity index (χ1) is 4.83. The first kappa shape index (κ1) is 7.76. The van der Waals surface area contributed by atoms with E-state index in [1.165, 1.54) is 6.54 Å². The number of nitrogens with zero attached hydrogens (tertiary/aromatic N) is 1. The minimum absolute atomic E-state index is 0.421. The van der Waals surface area contributed by atoms with Gasteiger partial charge in [-0.05, 0) is 19.4 Å². The highest BCUT2D eigenvalue weighted by molar-refractivity contribution is 4.79. The van der Waals surface area contributed by atoms with Crippen LogP contribution in [0.25, 0.3) is 0 Å². The summed E-state index contributed by atoms with van der Waals surface area (Å²) >= 11 is 0. The van der Waals surface area contributed by atoms with E-state index in [1.807, 2.05) is 6.08 Å². The first-order valence-corrected chi connectivity index (χ1v) is 3.92. The Morgan fingerprint density at radius 3 is 3.00 bits per heavy atom. The number of hydrogen-bond acceptors (Lipinski definition) is 2. The van der Waals surface area contributed by atoms with E-state index >= 15 is 0 Å². The molecular weight excluding hydrogens is 124 g/mol. The predicted molar refractivity (Wildman–Crippen MR) is 43.8 cm³/mol. The van der Waals surface area contributed by atoms with Crippen molar-refractivity contribution in [2.24, 2.45) is 5.73 Å². The highest BCUT2D eigenvalue weighted by Gasteiger charge is 2.17. The van der Waals surface area contributed by atoms with Crippen LogP contribution in [0.15, 0.2) is 12.7 Å². The van der Waals surface area contributed by atoms with E-state index in [-0.39, 0.29) is 0 Å². The Bertz CT molecular complexity index is 112. The van der Waals surface area contributed by atoms with Crippen LogP contribution in [0.2, 0.25) is 0 Å². The lowest BCUT2D eigenvalue weighted by atomic mass is 10.3. The zero-order chi connectivity index (χ0) is 7.40. The SMILES string of the molecule is C=CCCN1CC[C@@H](N)C1. The van der Waals surface area contributed by atoms with E-state index in [0.717, 1.165) is 25.9 Å². The Balaban J connectivity index is 2.12. The molecule has 1 heterocycles. The van der Waals surface area contributed by atoms with Gasteiger partial charge in [0.15, 0.2) is 0 Å². The maximum Gasteiger partial charge on any atom is 0.0180 e. The highest BCUT2D eigenvalue weighted by Crippen LogP contribution is 2.06. The number of nitrogens with two attached hydrogens (primary N) is 1. The van der Waals surface area contributed by atoms with Crippen LogP contribution >= 0.6 is 0 Å². The molecular formula is C8H16N2. The molecule has 1 atom stereocenters. The lowest BCUT2D eigenvalue weighted by Crippen LogP contribution is -2.27. The van der Waals surface area contributed by atoms with Gasteiger partial charge in [0, 0.05) is 19.1 Å². The van der Waals surface area contributed by atoms with Crippen LogP contribution in [0.4, 0.5) is 0 Å². The Kier molecular flexibility index (Phi) is 2.90. The van der Waals surface area contributed by atoms with Crippen LogP contribution in [0.3, 0.4) is 0 Å². The van der Waals surface area contributed by atoms with Crippen molar-refractivity contribution in [1.29, 1.82) is 0 Å². The molecule has 0 radical (unpaired) electrons. The minimum atomic E-state index is 0.421. The van der Waals surface area contributed by atoms with Gasteiger partial charge in [0.2, 0.25) is 0 Å². The van der Waals surface area contributed by atoms with E-state index in [1.54, 1.807) is 0 Å². The molecule has 0 saturated carbocycles. The fourth-order valence-electron chi connectivity index (χ4n) is 1.34. The summed E-state index contributed by atoms with van der Waals surface area (Å²) in [4.78, 5) is 2.40. The summed E-state index contributed by atoms with van der Waals surface area (Å²) in [5, 5.41) is 0. The maximum absolute atomic E-state index is 5.73. The third-order valence-electron chi connectivity index (χ3n) is 1.96.